The molecule has 29 heavy (non-hydrogen) atoms. The van der Waals surface area contributed by atoms with Gasteiger partial charge in [0, 0.05) is 5.56 Å². The summed E-state index contributed by atoms with van der Waals surface area (Å²) in [7, 11) is -4.15. The number of carbonyl (C=O) groups is 2. The van der Waals surface area contributed by atoms with Crippen LogP contribution in [0.3, 0.4) is 0 Å². The van der Waals surface area contributed by atoms with E-state index in [4.69, 9.17) is 17.3 Å². The minimum Gasteiger partial charge on any atom is -0.373 e. The van der Waals surface area contributed by atoms with Crippen molar-refractivity contribution in [1.29, 1.82) is 0 Å². The van der Waals surface area contributed by atoms with E-state index in [9.17, 15) is 36.3 Å². The van der Waals surface area contributed by atoms with Crippen LogP contribution in [-0.4, -0.2) is 37.1 Å². The topological polar surface area (TPSA) is 127 Å². The third-order valence-corrected chi connectivity index (χ3v) is 5.98. The first-order chi connectivity index (χ1) is 13.2. The van der Waals surface area contributed by atoms with Crippen LogP contribution in [0.25, 0.3) is 0 Å². The Labute approximate surface area is 168 Å². The number of anilines is 1. The standard InChI is InChI=1S/C17H14ClF3N2O5S/c1-16(26,17(19,20)21)15(25)23-13-6-5-11(8-12(13)18)29(27,28)10-4-2-3-9(7-10)14(22)24/h2-8,26H,1H3,(H2,22,24)(H,23,25)/t16-/m1/s1. The molecule has 7 nitrogen and oxygen atoms in total. The molecule has 12 heteroatoms. The first-order valence-corrected chi connectivity index (χ1v) is 9.59. The predicted molar refractivity (Wildman–Crippen MR) is 97.2 cm³/mol. The summed E-state index contributed by atoms with van der Waals surface area (Å²) < 4.78 is 63.6. The minimum absolute atomic E-state index is 0.0459. The number of primary amides is 1. The molecule has 0 aromatic heterocycles. The van der Waals surface area contributed by atoms with Crippen LogP contribution < -0.4 is 11.1 Å². The highest BCUT2D eigenvalue weighted by atomic mass is 35.5. The van der Waals surface area contributed by atoms with Crippen molar-refractivity contribution < 1.29 is 36.3 Å². The summed E-state index contributed by atoms with van der Waals surface area (Å²) in [5.41, 5.74) is 1.05. The van der Waals surface area contributed by atoms with Crippen LogP contribution in [0.2, 0.25) is 5.02 Å². The Balaban J connectivity index is 2.37. The molecule has 0 spiro atoms. The lowest BCUT2D eigenvalue weighted by molar-refractivity contribution is -0.242. The molecule has 0 aliphatic carbocycles. The summed E-state index contributed by atoms with van der Waals surface area (Å²) >= 11 is 5.90. The Morgan fingerprint density at radius 3 is 2.21 bits per heavy atom. The largest absolute Gasteiger partial charge is 0.426 e. The average molecular weight is 451 g/mol. The Morgan fingerprint density at radius 2 is 1.69 bits per heavy atom. The summed E-state index contributed by atoms with van der Waals surface area (Å²) in [6.07, 6.45) is -5.24. The molecule has 0 aliphatic heterocycles. The predicted octanol–water partition coefficient (Wildman–Crippen LogP) is 2.52. The van der Waals surface area contributed by atoms with Crippen molar-refractivity contribution in [3.8, 4) is 0 Å². The fourth-order valence-electron chi connectivity index (χ4n) is 2.09. The van der Waals surface area contributed by atoms with Gasteiger partial charge in [-0.25, -0.2) is 8.42 Å². The van der Waals surface area contributed by atoms with E-state index in [1.54, 1.807) is 5.32 Å². The highest BCUT2D eigenvalue weighted by Gasteiger charge is 2.55. The number of aliphatic hydroxyl groups is 1. The van der Waals surface area contributed by atoms with Gasteiger partial charge >= 0.3 is 6.18 Å². The van der Waals surface area contributed by atoms with Gasteiger partial charge in [0.1, 0.15) is 0 Å². The summed E-state index contributed by atoms with van der Waals surface area (Å²) in [6.45, 7) is 0.265. The van der Waals surface area contributed by atoms with E-state index in [2.05, 4.69) is 0 Å². The molecule has 0 radical (unpaired) electrons. The lowest BCUT2D eigenvalue weighted by Crippen LogP contribution is -2.52. The van der Waals surface area contributed by atoms with Crippen molar-refractivity contribution in [2.75, 3.05) is 5.32 Å². The van der Waals surface area contributed by atoms with Crippen LogP contribution >= 0.6 is 11.6 Å². The van der Waals surface area contributed by atoms with Crippen molar-refractivity contribution in [1.82, 2.24) is 0 Å². The molecule has 2 aromatic rings. The molecule has 0 fully saturated rings. The van der Waals surface area contributed by atoms with Crippen LogP contribution in [0.4, 0.5) is 18.9 Å². The molecule has 2 aromatic carbocycles. The second kappa shape index (κ2) is 7.65. The van der Waals surface area contributed by atoms with Gasteiger partial charge in [0.05, 0.1) is 20.5 Å². The van der Waals surface area contributed by atoms with Gasteiger partial charge in [0.25, 0.3) is 5.91 Å². The Hall–Kier alpha value is -2.63. The molecule has 0 aliphatic rings. The molecule has 156 valence electrons. The van der Waals surface area contributed by atoms with E-state index in [1.165, 1.54) is 18.2 Å². The fourth-order valence-corrected chi connectivity index (χ4v) is 3.71. The Morgan fingerprint density at radius 1 is 1.10 bits per heavy atom. The number of amides is 2. The summed E-state index contributed by atoms with van der Waals surface area (Å²) in [4.78, 5) is 22.4. The molecular formula is C17H14ClF3N2O5S. The van der Waals surface area contributed by atoms with Crippen LogP contribution in [0.15, 0.2) is 52.3 Å². The number of hydrogen-bond acceptors (Lipinski definition) is 5. The van der Waals surface area contributed by atoms with E-state index in [0.29, 0.717) is 0 Å². The number of nitrogens with one attached hydrogen (secondary N) is 1. The molecule has 4 N–H and O–H groups in total. The van der Waals surface area contributed by atoms with E-state index >= 15 is 0 Å². The quantitative estimate of drug-likeness (QED) is 0.645. The molecule has 2 amide bonds. The smallest absolute Gasteiger partial charge is 0.373 e. The minimum atomic E-state index is -5.24. The Kier molecular flexibility index (Phi) is 5.98. The summed E-state index contributed by atoms with van der Waals surface area (Å²) in [5, 5.41) is 10.8. The van der Waals surface area contributed by atoms with Crippen molar-refractivity contribution in [2.45, 2.75) is 28.5 Å². The van der Waals surface area contributed by atoms with Crippen molar-refractivity contribution >= 4 is 38.9 Å². The second-order valence-electron chi connectivity index (χ2n) is 6.06. The number of sulfone groups is 1. The monoisotopic (exact) mass is 450 g/mol. The molecule has 0 saturated carbocycles. The van der Waals surface area contributed by atoms with Crippen LogP contribution in [0, 0.1) is 0 Å². The number of nitrogens with two attached hydrogens (primary N) is 1. The van der Waals surface area contributed by atoms with E-state index < -0.39 is 33.4 Å². The molecule has 1 atom stereocenters. The van der Waals surface area contributed by atoms with Gasteiger partial charge in [-0.05, 0) is 43.3 Å². The normalized spacial score (nSPS) is 14.1. The van der Waals surface area contributed by atoms with E-state index in [0.717, 1.165) is 24.3 Å². The lowest BCUT2D eigenvalue weighted by Gasteiger charge is -2.25. The number of carbonyl (C=O) groups excluding carboxylic acids is 2. The van der Waals surface area contributed by atoms with E-state index in [1.807, 2.05) is 0 Å². The zero-order valence-electron chi connectivity index (χ0n) is 14.6. The van der Waals surface area contributed by atoms with Gasteiger partial charge in [0.2, 0.25) is 21.3 Å². The highest BCUT2D eigenvalue weighted by molar-refractivity contribution is 7.91. The van der Waals surface area contributed by atoms with Crippen LogP contribution in [0.5, 0.6) is 0 Å². The number of alkyl halides is 3. The second-order valence-corrected chi connectivity index (χ2v) is 8.42. The van der Waals surface area contributed by atoms with Gasteiger partial charge in [-0.2, -0.15) is 13.2 Å². The number of rotatable bonds is 5. The zero-order chi connectivity index (χ0) is 22.2. The zero-order valence-corrected chi connectivity index (χ0v) is 16.2. The first kappa shape index (κ1) is 22.7. The van der Waals surface area contributed by atoms with Crippen LogP contribution in [0.1, 0.15) is 17.3 Å². The fraction of sp³-hybridized carbons (Fsp3) is 0.176. The lowest BCUT2D eigenvalue weighted by atomic mass is 10.1. The maximum absolute atomic E-state index is 12.7. The Bertz CT molecular complexity index is 1080. The summed E-state index contributed by atoms with van der Waals surface area (Å²) in [5.74, 6) is -2.63. The first-order valence-electron chi connectivity index (χ1n) is 7.73. The molecule has 0 bridgehead atoms. The maximum Gasteiger partial charge on any atom is 0.426 e. The molecule has 0 unspecified atom stereocenters. The maximum atomic E-state index is 12.7. The SMILES string of the molecule is C[C@@](O)(C(=O)Nc1ccc(S(=O)(=O)c2cccc(C(N)=O)c2)cc1Cl)C(F)(F)F. The average Bonchev–Trinajstić information content (AvgIpc) is 2.62. The number of halogens is 4. The van der Waals surface area contributed by atoms with Crippen LogP contribution in [-0.2, 0) is 14.6 Å². The molecular weight excluding hydrogens is 437 g/mol. The van der Waals surface area contributed by atoms with Gasteiger partial charge in [-0.1, -0.05) is 17.7 Å². The third kappa shape index (κ3) is 4.52. The highest BCUT2D eigenvalue weighted by Crippen LogP contribution is 2.33. The van der Waals surface area contributed by atoms with Crippen molar-refractivity contribution in [3.63, 3.8) is 0 Å². The van der Waals surface area contributed by atoms with Crippen molar-refractivity contribution in [2.24, 2.45) is 5.73 Å². The molecule has 0 saturated heterocycles. The summed E-state index contributed by atoms with van der Waals surface area (Å²) in [6, 6.07) is 7.77. The number of benzene rings is 2. The third-order valence-electron chi connectivity index (χ3n) is 3.92. The van der Waals surface area contributed by atoms with Gasteiger partial charge in [-0.15, -0.1) is 0 Å². The molecule has 0 heterocycles. The number of hydrogen-bond donors (Lipinski definition) is 3. The van der Waals surface area contributed by atoms with Gasteiger partial charge in [-0.3, -0.25) is 9.59 Å². The van der Waals surface area contributed by atoms with Crippen molar-refractivity contribution in [3.05, 3.63) is 53.1 Å². The van der Waals surface area contributed by atoms with Gasteiger partial charge < -0.3 is 16.2 Å². The molecule has 2 rings (SSSR count). The van der Waals surface area contributed by atoms with E-state index in [-0.39, 0.29) is 33.0 Å². The van der Waals surface area contributed by atoms with Gasteiger partial charge in [0.15, 0.2) is 0 Å².